The summed E-state index contributed by atoms with van der Waals surface area (Å²) < 4.78 is 0. The van der Waals surface area contributed by atoms with Crippen LogP contribution in [0.5, 0.6) is 0 Å². The van der Waals surface area contributed by atoms with Crippen molar-refractivity contribution in [3.63, 3.8) is 0 Å². The SMILES string of the molecule is O=C1NC(=Nc2c(Cl)cccc2Cl)S/C1=C/c1cc(Cl)c2ncccc2c1. The molecule has 0 saturated carbocycles. The first-order valence-corrected chi connectivity index (χ1v) is 9.74. The molecule has 2 aromatic carbocycles. The Bertz CT molecular complexity index is 1120. The van der Waals surface area contributed by atoms with E-state index in [1.807, 2.05) is 18.2 Å². The molecular weight excluding hydrogens is 425 g/mol. The van der Waals surface area contributed by atoms with Crippen molar-refractivity contribution >= 4 is 80.3 Å². The van der Waals surface area contributed by atoms with Gasteiger partial charge in [-0.05, 0) is 53.7 Å². The Kier molecular flexibility index (Phi) is 5.10. The van der Waals surface area contributed by atoms with Crippen molar-refractivity contribution in [2.75, 3.05) is 0 Å². The van der Waals surface area contributed by atoms with Crippen molar-refractivity contribution in [3.05, 3.63) is 74.2 Å². The zero-order valence-corrected chi connectivity index (χ0v) is 16.6. The van der Waals surface area contributed by atoms with Gasteiger partial charge in [-0.2, -0.15) is 0 Å². The monoisotopic (exact) mass is 433 g/mol. The van der Waals surface area contributed by atoms with Gasteiger partial charge in [-0.25, -0.2) is 4.99 Å². The zero-order valence-electron chi connectivity index (χ0n) is 13.5. The van der Waals surface area contributed by atoms with Gasteiger partial charge in [-0.15, -0.1) is 0 Å². The number of carbonyl (C=O) groups excluding carboxylic acids is 1. The fourth-order valence-electron chi connectivity index (χ4n) is 2.58. The highest BCUT2D eigenvalue weighted by molar-refractivity contribution is 8.18. The molecule has 0 atom stereocenters. The quantitative estimate of drug-likeness (QED) is 0.497. The average molecular weight is 435 g/mol. The smallest absolute Gasteiger partial charge is 0.264 e. The Labute approximate surface area is 174 Å². The molecule has 1 aliphatic rings. The molecule has 0 unspecified atom stereocenters. The number of aliphatic imine (C=N–C) groups is 1. The van der Waals surface area contributed by atoms with Crippen LogP contribution in [0.2, 0.25) is 15.1 Å². The number of nitrogens with zero attached hydrogens (tertiary/aromatic N) is 2. The lowest BCUT2D eigenvalue weighted by Crippen LogP contribution is -2.19. The lowest BCUT2D eigenvalue weighted by atomic mass is 10.1. The van der Waals surface area contributed by atoms with E-state index in [1.54, 1.807) is 36.5 Å². The summed E-state index contributed by atoms with van der Waals surface area (Å²) in [5.41, 5.74) is 1.94. The number of fused-ring (bicyclic) bond motifs is 1. The van der Waals surface area contributed by atoms with Gasteiger partial charge in [0.2, 0.25) is 0 Å². The van der Waals surface area contributed by atoms with E-state index in [0.717, 1.165) is 16.5 Å². The molecule has 27 heavy (non-hydrogen) atoms. The van der Waals surface area contributed by atoms with Gasteiger partial charge in [0.1, 0.15) is 5.69 Å². The number of thioether (sulfide) groups is 1. The number of halogens is 3. The Morgan fingerprint density at radius 2 is 1.81 bits per heavy atom. The van der Waals surface area contributed by atoms with Gasteiger partial charge in [-0.1, -0.05) is 46.9 Å². The third-order valence-electron chi connectivity index (χ3n) is 3.78. The summed E-state index contributed by atoms with van der Waals surface area (Å²) in [5, 5.41) is 5.39. The van der Waals surface area contributed by atoms with Gasteiger partial charge in [0.25, 0.3) is 5.91 Å². The van der Waals surface area contributed by atoms with Crippen LogP contribution in [0.15, 0.2) is 58.6 Å². The number of nitrogens with one attached hydrogen (secondary N) is 1. The van der Waals surface area contributed by atoms with Crippen LogP contribution in [-0.2, 0) is 4.79 Å². The lowest BCUT2D eigenvalue weighted by Gasteiger charge is -2.02. The third-order valence-corrected chi connectivity index (χ3v) is 5.59. The predicted molar refractivity (Wildman–Crippen MR) is 114 cm³/mol. The Balaban J connectivity index is 1.68. The van der Waals surface area contributed by atoms with E-state index in [1.165, 1.54) is 11.8 Å². The first-order valence-electron chi connectivity index (χ1n) is 7.79. The number of hydrogen-bond acceptors (Lipinski definition) is 4. The Hall–Kier alpha value is -2.05. The Morgan fingerprint density at radius 3 is 2.59 bits per heavy atom. The van der Waals surface area contributed by atoms with Gasteiger partial charge < -0.3 is 5.32 Å². The summed E-state index contributed by atoms with van der Waals surface area (Å²) in [4.78, 5) is 21.4. The average Bonchev–Trinajstić information content (AvgIpc) is 2.98. The van der Waals surface area contributed by atoms with Gasteiger partial charge in [-0.3, -0.25) is 9.78 Å². The number of pyridine rings is 1. The molecule has 134 valence electrons. The topological polar surface area (TPSA) is 54.4 Å². The Morgan fingerprint density at radius 1 is 1.04 bits per heavy atom. The highest BCUT2D eigenvalue weighted by Crippen LogP contribution is 2.36. The van der Waals surface area contributed by atoms with Crippen LogP contribution < -0.4 is 5.32 Å². The van der Waals surface area contributed by atoms with Crippen molar-refractivity contribution in [3.8, 4) is 0 Å². The number of amides is 1. The van der Waals surface area contributed by atoms with Crippen LogP contribution in [-0.4, -0.2) is 16.1 Å². The molecule has 1 aliphatic heterocycles. The molecular formula is C19H10Cl3N3OS. The van der Waals surface area contributed by atoms with Crippen molar-refractivity contribution in [2.45, 2.75) is 0 Å². The van der Waals surface area contributed by atoms with Gasteiger partial charge in [0.05, 0.1) is 25.5 Å². The van der Waals surface area contributed by atoms with Crippen molar-refractivity contribution in [1.82, 2.24) is 10.3 Å². The van der Waals surface area contributed by atoms with Crippen LogP contribution in [0.4, 0.5) is 5.69 Å². The molecule has 0 aliphatic carbocycles. The zero-order chi connectivity index (χ0) is 19.0. The van der Waals surface area contributed by atoms with E-state index in [-0.39, 0.29) is 5.91 Å². The summed E-state index contributed by atoms with van der Waals surface area (Å²) in [5.74, 6) is -0.246. The van der Waals surface area contributed by atoms with Crippen molar-refractivity contribution in [2.24, 2.45) is 4.99 Å². The minimum Gasteiger partial charge on any atom is -0.300 e. The van der Waals surface area contributed by atoms with E-state index in [4.69, 9.17) is 34.8 Å². The fourth-order valence-corrected chi connectivity index (χ4v) is 4.18. The second kappa shape index (κ2) is 7.52. The maximum Gasteiger partial charge on any atom is 0.264 e. The first-order chi connectivity index (χ1) is 13.0. The van der Waals surface area contributed by atoms with Gasteiger partial charge in [0, 0.05) is 11.6 Å². The highest BCUT2D eigenvalue weighted by Gasteiger charge is 2.24. The second-order valence-electron chi connectivity index (χ2n) is 5.63. The van der Waals surface area contributed by atoms with Gasteiger partial charge >= 0.3 is 0 Å². The normalized spacial score (nSPS) is 17.1. The van der Waals surface area contributed by atoms with Crippen LogP contribution in [0.3, 0.4) is 0 Å². The maximum absolute atomic E-state index is 12.3. The number of para-hydroxylation sites is 1. The highest BCUT2D eigenvalue weighted by atomic mass is 35.5. The third kappa shape index (κ3) is 3.82. The summed E-state index contributed by atoms with van der Waals surface area (Å²) in [6.07, 6.45) is 3.45. The molecule has 0 spiro atoms. The largest absolute Gasteiger partial charge is 0.300 e. The molecule has 0 radical (unpaired) electrons. The summed E-state index contributed by atoms with van der Waals surface area (Å²) >= 11 is 19.8. The molecule has 1 aromatic heterocycles. The van der Waals surface area contributed by atoms with Crippen LogP contribution in [0, 0.1) is 0 Å². The summed E-state index contributed by atoms with van der Waals surface area (Å²) in [6, 6.07) is 12.6. The van der Waals surface area contributed by atoms with E-state index < -0.39 is 0 Å². The number of rotatable bonds is 2. The maximum atomic E-state index is 12.3. The number of amidine groups is 1. The molecule has 3 aromatic rings. The van der Waals surface area contributed by atoms with Crippen LogP contribution in [0.25, 0.3) is 17.0 Å². The first kappa shape index (κ1) is 18.3. The standard InChI is InChI=1S/C19H10Cl3N3OS/c20-12-4-1-5-13(21)17(12)24-19-25-18(26)15(27-19)9-10-7-11-3-2-6-23-16(11)14(22)8-10/h1-9H,(H,24,25,26)/b15-9+. The summed E-state index contributed by atoms with van der Waals surface area (Å²) in [7, 11) is 0. The molecule has 4 nitrogen and oxygen atoms in total. The molecule has 1 N–H and O–H groups in total. The van der Waals surface area contributed by atoms with Crippen molar-refractivity contribution in [1.29, 1.82) is 0 Å². The lowest BCUT2D eigenvalue weighted by molar-refractivity contribution is -0.115. The molecule has 8 heteroatoms. The number of benzene rings is 2. The van der Waals surface area contributed by atoms with E-state index in [9.17, 15) is 4.79 Å². The van der Waals surface area contributed by atoms with Crippen molar-refractivity contribution < 1.29 is 4.79 Å². The van der Waals surface area contributed by atoms with Crippen LogP contribution >= 0.6 is 46.6 Å². The molecule has 1 saturated heterocycles. The number of aromatic nitrogens is 1. The van der Waals surface area contributed by atoms with Crippen LogP contribution in [0.1, 0.15) is 5.56 Å². The molecule has 0 bridgehead atoms. The predicted octanol–water partition coefficient (Wildman–Crippen LogP) is 6.09. The minimum atomic E-state index is -0.246. The second-order valence-corrected chi connectivity index (χ2v) is 7.88. The molecule has 4 rings (SSSR count). The van der Waals surface area contributed by atoms with Gasteiger partial charge in [0.15, 0.2) is 5.17 Å². The molecule has 2 heterocycles. The van der Waals surface area contributed by atoms with E-state index in [0.29, 0.717) is 30.8 Å². The number of hydrogen-bond donors (Lipinski definition) is 1. The molecule has 1 amide bonds. The van der Waals surface area contributed by atoms with E-state index >= 15 is 0 Å². The minimum absolute atomic E-state index is 0.246. The fraction of sp³-hybridized carbons (Fsp3) is 0. The summed E-state index contributed by atoms with van der Waals surface area (Å²) in [6.45, 7) is 0. The number of carbonyl (C=O) groups is 1. The molecule has 1 fully saturated rings. The van der Waals surface area contributed by atoms with E-state index in [2.05, 4.69) is 15.3 Å².